The quantitative estimate of drug-likeness (QED) is 0.476. The molecule has 0 fully saturated rings. The molecule has 2 N–H and O–H groups in total. The van der Waals surface area contributed by atoms with Crippen LogP contribution in [0.5, 0.6) is 0 Å². The highest BCUT2D eigenvalue weighted by Crippen LogP contribution is 2.10. The summed E-state index contributed by atoms with van der Waals surface area (Å²) in [6.07, 6.45) is 11.0. The first kappa shape index (κ1) is 23.2. The number of rotatable bonds is 12. The Hall–Kier alpha value is -1.06. The largest absolute Gasteiger partial charge is 0.481 e. The van der Waals surface area contributed by atoms with Gasteiger partial charge in [-0.2, -0.15) is 0 Å². The van der Waals surface area contributed by atoms with Crippen molar-refractivity contribution in [1.82, 2.24) is 0 Å². The second-order valence-corrected chi connectivity index (χ2v) is 6.18. The minimum Gasteiger partial charge on any atom is -0.481 e. The Balaban J connectivity index is 0. The van der Waals surface area contributed by atoms with E-state index in [9.17, 15) is 9.59 Å². The third kappa shape index (κ3) is 17.0. The number of carboxylic acids is 2. The lowest BCUT2D eigenvalue weighted by Gasteiger charge is -2.04. The van der Waals surface area contributed by atoms with Gasteiger partial charge in [-0.25, -0.2) is 0 Å². The van der Waals surface area contributed by atoms with Crippen molar-refractivity contribution >= 4 is 11.9 Å². The van der Waals surface area contributed by atoms with Gasteiger partial charge in [-0.05, 0) is 12.8 Å². The molecule has 0 amide bonds. The minimum absolute atomic E-state index is 0.160. The van der Waals surface area contributed by atoms with Gasteiger partial charge < -0.3 is 10.2 Å². The van der Waals surface area contributed by atoms with Crippen molar-refractivity contribution in [3.05, 3.63) is 0 Å². The molecule has 4 nitrogen and oxygen atoms in total. The van der Waals surface area contributed by atoms with E-state index in [1.807, 2.05) is 0 Å². The van der Waals surface area contributed by atoms with Crippen molar-refractivity contribution in [2.75, 3.05) is 0 Å². The van der Waals surface area contributed by atoms with Gasteiger partial charge in [0, 0.05) is 0 Å². The van der Waals surface area contributed by atoms with Gasteiger partial charge in [0.25, 0.3) is 0 Å². The summed E-state index contributed by atoms with van der Waals surface area (Å²) in [5.74, 6) is -1.65. The fourth-order valence-electron chi connectivity index (χ4n) is 2.00. The molecule has 4 heteroatoms. The van der Waals surface area contributed by atoms with Crippen LogP contribution in [0.2, 0.25) is 0 Å². The zero-order chi connectivity index (χ0) is 17.4. The summed E-state index contributed by atoms with van der Waals surface area (Å²) in [7, 11) is 0. The number of aliphatic carboxylic acids is 2. The Morgan fingerprint density at radius 1 is 0.682 bits per heavy atom. The van der Waals surface area contributed by atoms with E-state index in [1.165, 1.54) is 38.5 Å². The second-order valence-electron chi connectivity index (χ2n) is 6.18. The minimum atomic E-state index is -0.665. The summed E-state index contributed by atoms with van der Waals surface area (Å²) < 4.78 is 0. The van der Waals surface area contributed by atoms with Crippen LogP contribution in [-0.4, -0.2) is 22.2 Å². The Kier molecular flexibility index (Phi) is 17.2. The molecule has 0 saturated carbocycles. The lowest BCUT2D eigenvalue weighted by atomic mass is 10.0. The third-order valence-corrected chi connectivity index (χ3v) is 3.82. The molecule has 2 unspecified atom stereocenters. The summed E-state index contributed by atoms with van der Waals surface area (Å²) >= 11 is 0. The summed E-state index contributed by atoms with van der Waals surface area (Å²) in [6, 6.07) is 0. The lowest BCUT2D eigenvalue weighted by Crippen LogP contribution is -2.08. The van der Waals surface area contributed by atoms with Crippen LogP contribution in [0.3, 0.4) is 0 Å². The Morgan fingerprint density at radius 3 is 1.23 bits per heavy atom. The molecule has 0 saturated heterocycles. The predicted molar refractivity (Wildman–Crippen MR) is 91.1 cm³/mol. The number of carboxylic acid groups (broad SMARTS) is 2. The molecule has 132 valence electrons. The van der Waals surface area contributed by atoms with Crippen molar-refractivity contribution in [3.8, 4) is 0 Å². The highest BCUT2D eigenvalue weighted by atomic mass is 16.4. The van der Waals surface area contributed by atoms with Crippen LogP contribution in [0.25, 0.3) is 0 Å². The van der Waals surface area contributed by atoms with Gasteiger partial charge in [-0.1, -0.05) is 79.1 Å². The van der Waals surface area contributed by atoms with Gasteiger partial charge in [0.2, 0.25) is 0 Å². The van der Waals surface area contributed by atoms with Crippen LogP contribution in [0, 0.1) is 11.8 Å². The number of hydrogen-bond acceptors (Lipinski definition) is 2. The molecule has 0 radical (unpaired) electrons. The molecule has 0 aromatic carbocycles. The number of unbranched alkanes of at least 4 members (excludes halogenated alkanes) is 6. The van der Waals surface area contributed by atoms with Crippen LogP contribution < -0.4 is 0 Å². The van der Waals surface area contributed by atoms with Crippen LogP contribution in [0.4, 0.5) is 0 Å². The molecular weight excluding hydrogens is 280 g/mol. The molecule has 22 heavy (non-hydrogen) atoms. The van der Waals surface area contributed by atoms with E-state index >= 15 is 0 Å². The summed E-state index contributed by atoms with van der Waals surface area (Å²) in [5.41, 5.74) is 0. The Morgan fingerprint density at radius 2 is 1.00 bits per heavy atom. The second kappa shape index (κ2) is 16.3. The first-order valence-electron chi connectivity index (χ1n) is 8.82. The predicted octanol–water partition coefficient (Wildman–Crippen LogP) is 5.36. The third-order valence-electron chi connectivity index (χ3n) is 3.82. The number of hydrogen-bond donors (Lipinski definition) is 2. The highest BCUT2D eigenvalue weighted by molar-refractivity contribution is 5.69. The molecule has 0 aliphatic carbocycles. The standard InChI is InChI=1S/2C9H18O2/c2*1-3-4-5-6-7-8(2)9(10)11/h2*8H,3-7H2,1-2H3,(H,10,11). The molecule has 2 atom stereocenters. The molecule has 0 heterocycles. The normalized spacial score (nSPS) is 12.9. The Bertz CT molecular complexity index is 248. The van der Waals surface area contributed by atoms with E-state index in [0.29, 0.717) is 0 Å². The van der Waals surface area contributed by atoms with E-state index in [2.05, 4.69) is 13.8 Å². The fourth-order valence-corrected chi connectivity index (χ4v) is 2.00. The SMILES string of the molecule is CCCCCCC(C)C(=O)O.CCCCCCC(C)C(=O)O. The molecule has 0 aromatic heterocycles. The highest BCUT2D eigenvalue weighted by Gasteiger charge is 2.09. The van der Waals surface area contributed by atoms with E-state index in [4.69, 9.17) is 10.2 Å². The Labute approximate surface area is 136 Å². The first-order valence-corrected chi connectivity index (χ1v) is 8.82. The van der Waals surface area contributed by atoms with Crippen LogP contribution >= 0.6 is 0 Å². The van der Waals surface area contributed by atoms with Crippen LogP contribution in [0.15, 0.2) is 0 Å². The lowest BCUT2D eigenvalue weighted by molar-refractivity contribution is -0.142. The maximum atomic E-state index is 10.4. The maximum absolute atomic E-state index is 10.4. The molecule has 0 spiro atoms. The molecule has 0 aliphatic heterocycles. The summed E-state index contributed by atoms with van der Waals surface area (Å²) in [6.45, 7) is 7.85. The van der Waals surface area contributed by atoms with Gasteiger partial charge in [-0.3, -0.25) is 9.59 Å². The fraction of sp³-hybridized carbons (Fsp3) is 0.889. The molecule has 0 bridgehead atoms. The van der Waals surface area contributed by atoms with Gasteiger partial charge in [0.05, 0.1) is 11.8 Å². The van der Waals surface area contributed by atoms with Crippen molar-refractivity contribution in [3.63, 3.8) is 0 Å². The summed E-state index contributed by atoms with van der Waals surface area (Å²) in [5, 5.41) is 17.1. The van der Waals surface area contributed by atoms with Crippen LogP contribution in [-0.2, 0) is 9.59 Å². The average molecular weight is 316 g/mol. The molecule has 0 aliphatic rings. The molecular formula is C18H36O4. The van der Waals surface area contributed by atoms with Crippen molar-refractivity contribution in [2.24, 2.45) is 11.8 Å². The molecule has 0 aromatic rings. The smallest absolute Gasteiger partial charge is 0.306 e. The zero-order valence-electron chi connectivity index (χ0n) is 14.9. The average Bonchev–Trinajstić information content (AvgIpc) is 2.48. The zero-order valence-corrected chi connectivity index (χ0v) is 14.9. The maximum Gasteiger partial charge on any atom is 0.306 e. The van der Waals surface area contributed by atoms with E-state index in [-0.39, 0.29) is 11.8 Å². The topological polar surface area (TPSA) is 74.6 Å². The van der Waals surface area contributed by atoms with Crippen molar-refractivity contribution < 1.29 is 19.8 Å². The van der Waals surface area contributed by atoms with Crippen molar-refractivity contribution in [1.29, 1.82) is 0 Å². The van der Waals surface area contributed by atoms with Gasteiger partial charge >= 0.3 is 11.9 Å². The van der Waals surface area contributed by atoms with E-state index in [0.717, 1.165) is 25.7 Å². The van der Waals surface area contributed by atoms with Gasteiger partial charge in [0.15, 0.2) is 0 Å². The number of carbonyl (C=O) groups is 2. The molecule has 0 rings (SSSR count). The van der Waals surface area contributed by atoms with Crippen LogP contribution in [0.1, 0.15) is 91.9 Å². The van der Waals surface area contributed by atoms with E-state index < -0.39 is 11.9 Å². The van der Waals surface area contributed by atoms with Crippen molar-refractivity contribution in [2.45, 2.75) is 91.9 Å². The first-order chi connectivity index (χ1) is 10.4. The van der Waals surface area contributed by atoms with E-state index in [1.54, 1.807) is 13.8 Å². The van der Waals surface area contributed by atoms with Gasteiger partial charge in [0.1, 0.15) is 0 Å². The summed E-state index contributed by atoms with van der Waals surface area (Å²) in [4.78, 5) is 20.7. The monoisotopic (exact) mass is 316 g/mol. The van der Waals surface area contributed by atoms with Gasteiger partial charge in [-0.15, -0.1) is 0 Å².